The molecule has 0 amide bonds. The van der Waals surface area contributed by atoms with Crippen LogP contribution in [-0.4, -0.2) is 16.5 Å². The van der Waals surface area contributed by atoms with Gasteiger partial charge in [0.25, 0.3) is 0 Å². The van der Waals surface area contributed by atoms with Gasteiger partial charge in [-0.2, -0.15) is 11.8 Å². The van der Waals surface area contributed by atoms with E-state index in [0.29, 0.717) is 10.8 Å². The van der Waals surface area contributed by atoms with Gasteiger partial charge in [-0.05, 0) is 12.3 Å². The fourth-order valence-corrected chi connectivity index (χ4v) is 2.33. The molecule has 0 radical (unpaired) electrons. The van der Waals surface area contributed by atoms with Crippen LogP contribution in [0.2, 0.25) is 0 Å². The molecule has 0 aliphatic heterocycles. The summed E-state index contributed by atoms with van der Waals surface area (Å²) in [4.78, 5) is 0. The monoisotopic (exact) mass is 217 g/mol. The minimum atomic E-state index is 0.353. The molecule has 0 aromatic heterocycles. The van der Waals surface area contributed by atoms with Crippen molar-refractivity contribution < 1.29 is 0 Å². The second-order valence-electron chi connectivity index (χ2n) is 5.10. The van der Waals surface area contributed by atoms with Crippen LogP contribution in [0.25, 0.3) is 0 Å². The van der Waals surface area contributed by atoms with Gasteiger partial charge in [-0.15, -0.1) is 0 Å². The lowest BCUT2D eigenvalue weighted by molar-refractivity contribution is 0.423. The van der Waals surface area contributed by atoms with Gasteiger partial charge in [0.15, 0.2) is 0 Å². The van der Waals surface area contributed by atoms with Crippen molar-refractivity contribution >= 4 is 11.8 Å². The Balaban J connectivity index is 3.69. The molecule has 0 aromatic rings. The molecule has 2 N–H and O–H groups in total. The number of thioether (sulfide) groups is 1. The molecule has 1 atom stereocenters. The summed E-state index contributed by atoms with van der Waals surface area (Å²) in [6.07, 6.45) is 3.73. The Morgan fingerprint density at radius 2 is 1.64 bits per heavy atom. The van der Waals surface area contributed by atoms with Crippen molar-refractivity contribution in [3.05, 3.63) is 0 Å². The van der Waals surface area contributed by atoms with Crippen LogP contribution in [-0.2, 0) is 0 Å². The zero-order chi connectivity index (χ0) is 11.2. The van der Waals surface area contributed by atoms with E-state index in [1.165, 1.54) is 19.3 Å². The molecule has 1 nitrogen and oxygen atoms in total. The highest BCUT2D eigenvalue weighted by atomic mass is 32.2. The minimum Gasteiger partial charge on any atom is -0.327 e. The first-order valence-electron chi connectivity index (χ1n) is 5.78. The molecule has 2 heteroatoms. The number of rotatable bonds is 6. The molecular weight excluding hydrogens is 190 g/mol. The molecule has 0 heterocycles. The van der Waals surface area contributed by atoms with Gasteiger partial charge in [-0.3, -0.25) is 0 Å². The summed E-state index contributed by atoms with van der Waals surface area (Å²) in [5, 5.41) is 0. The van der Waals surface area contributed by atoms with Crippen LogP contribution < -0.4 is 5.73 Å². The van der Waals surface area contributed by atoms with Gasteiger partial charge in [0, 0.05) is 16.5 Å². The molecule has 0 fully saturated rings. The molecule has 0 saturated heterocycles. The van der Waals surface area contributed by atoms with Crippen molar-refractivity contribution in [2.45, 2.75) is 64.7 Å². The third kappa shape index (κ3) is 7.69. The normalized spacial score (nSPS) is 14.8. The van der Waals surface area contributed by atoms with E-state index in [9.17, 15) is 0 Å². The van der Waals surface area contributed by atoms with Crippen molar-refractivity contribution in [1.82, 2.24) is 0 Å². The highest BCUT2D eigenvalue weighted by molar-refractivity contribution is 8.00. The summed E-state index contributed by atoms with van der Waals surface area (Å²) < 4.78 is 0.353. The van der Waals surface area contributed by atoms with Gasteiger partial charge in [0.05, 0.1) is 0 Å². The van der Waals surface area contributed by atoms with Crippen LogP contribution in [0.15, 0.2) is 0 Å². The topological polar surface area (TPSA) is 26.0 Å². The summed E-state index contributed by atoms with van der Waals surface area (Å²) in [6.45, 7) is 11.3. The van der Waals surface area contributed by atoms with E-state index < -0.39 is 0 Å². The van der Waals surface area contributed by atoms with Crippen LogP contribution in [0.3, 0.4) is 0 Å². The Bertz CT molecular complexity index is 136. The zero-order valence-electron chi connectivity index (χ0n) is 10.5. The van der Waals surface area contributed by atoms with E-state index in [1.54, 1.807) is 0 Å². The Hall–Kier alpha value is 0.310. The van der Waals surface area contributed by atoms with Gasteiger partial charge in [0.2, 0.25) is 0 Å². The van der Waals surface area contributed by atoms with Crippen LogP contribution in [0.1, 0.15) is 53.9 Å². The molecule has 0 aliphatic carbocycles. The lowest BCUT2D eigenvalue weighted by Gasteiger charge is -2.23. The molecule has 0 spiro atoms. The Morgan fingerprint density at radius 3 is 2.00 bits per heavy atom. The van der Waals surface area contributed by atoms with Crippen LogP contribution in [0.5, 0.6) is 0 Å². The Morgan fingerprint density at radius 1 is 1.14 bits per heavy atom. The maximum absolute atomic E-state index is 6.11. The predicted octanol–water partition coefficient (Wildman–Crippen LogP) is 3.67. The standard InChI is InChI=1S/C12H27NS/c1-6-10(7-2)8-11(13)9-14-12(3,4)5/h10-11H,6-9,13H2,1-5H3. The molecule has 0 aliphatic rings. The maximum Gasteiger partial charge on any atom is 0.0133 e. The second-order valence-corrected chi connectivity index (χ2v) is 6.95. The van der Waals surface area contributed by atoms with Gasteiger partial charge in [-0.25, -0.2) is 0 Å². The first-order chi connectivity index (χ1) is 6.39. The van der Waals surface area contributed by atoms with Gasteiger partial charge in [-0.1, -0.05) is 47.5 Å². The van der Waals surface area contributed by atoms with Gasteiger partial charge in [0.1, 0.15) is 0 Å². The molecule has 0 bridgehead atoms. The lowest BCUT2D eigenvalue weighted by atomic mass is 9.96. The van der Waals surface area contributed by atoms with E-state index in [2.05, 4.69) is 34.6 Å². The van der Waals surface area contributed by atoms with Crippen molar-refractivity contribution in [1.29, 1.82) is 0 Å². The smallest absolute Gasteiger partial charge is 0.0133 e. The summed E-state index contributed by atoms with van der Waals surface area (Å²) in [5.74, 6) is 1.92. The zero-order valence-corrected chi connectivity index (χ0v) is 11.3. The molecular formula is C12H27NS. The van der Waals surface area contributed by atoms with E-state index >= 15 is 0 Å². The first-order valence-corrected chi connectivity index (χ1v) is 6.77. The van der Waals surface area contributed by atoms with Gasteiger partial charge < -0.3 is 5.73 Å². The third-order valence-electron chi connectivity index (χ3n) is 2.52. The minimum absolute atomic E-state index is 0.353. The van der Waals surface area contributed by atoms with Gasteiger partial charge >= 0.3 is 0 Å². The first kappa shape index (κ1) is 14.3. The van der Waals surface area contributed by atoms with Crippen LogP contribution >= 0.6 is 11.8 Å². The summed E-state index contributed by atoms with van der Waals surface area (Å²) in [6, 6.07) is 0.379. The highest BCUT2D eigenvalue weighted by Gasteiger charge is 2.15. The highest BCUT2D eigenvalue weighted by Crippen LogP contribution is 2.25. The van der Waals surface area contributed by atoms with Crippen LogP contribution in [0, 0.1) is 5.92 Å². The summed E-state index contributed by atoms with van der Waals surface area (Å²) >= 11 is 1.98. The molecule has 14 heavy (non-hydrogen) atoms. The largest absolute Gasteiger partial charge is 0.327 e. The molecule has 0 aromatic carbocycles. The molecule has 0 saturated carbocycles. The fraction of sp³-hybridized carbons (Fsp3) is 1.00. The SMILES string of the molecule is CCC(CC)CC(N)CSC(C)(C)C. The van der Waals surface area contributed by atoms with Crippen molar-refractivity contribution in [2.75, 3.05) is 5.75 Å². The van der Waals surface area contributed by atoms with Crippen LogP contribution in [0.4, 0.5) is 0 Å². The van der Waals surface area contributed by atoms with E-state index in [4.69, 9.17) is 5.73 Å². The van der Waals surface area contributed by atoms with E-state index in [0.717, 1.165) is 11.7 Å². The average Bonchev–Trinajstić information content (AvgIpc) is 2.09. The molecule has 1 unspecified atom stereocenters. The number of hydrogen-bond acceptors (Lipinski definition) is 2. The van der Waals surface area contributed by atoms with Crippen molar-refractivity contribution in [2.24, 2.45) is 11.7 Å². The summed E-state index contributed by atoms with van der Waals surface area (Å²) in [7, 11) is 0. The van der Waals surface area contributed by atoms with Crippen molar-refractivity contribution in [3.63, 3.8) is 0 Å². The summed E-state index contributed by atoms with van der Waals surface area (Å²) in [5.41, 5.74) is 6.11. The second kappa shape index (κ2) is 6.73. The predicted molar refractivity (Wildman–Crippen MR) is 68.9 cm³/mol. The lowest BCUT2D eigenvalue weighted by Crippen LogP contribution is -2.28. The quantitative estimate of drug-likeness (QED) is 0.734. The average molecular weight is 217 g/mol. The molecule has 0 rings (SSSR count). The Labute approximate surface area is 94.2 Å². The number of hydrogen-bond donors (Lipinski definition) is 1. The fourth-order valence-electron chi connectivity index (χ4n) is 1.48. The Kier molecular flexibility index (Phi) is 6.88. The van der Waals surface area contributed by atoms with Crippen molar-refractivity contribution in [3.8, 4) is 0 Å². The molecule has 86 valence electrons. The third-order valence-corrected chi connectivity index (χ3v) is 3.98. The van der Waals surface area contributed by atoms with E-state index in [-0.39, 0.29) is 0 Å². The van der Waals surface area contributed by atoms with E-state index in [1.807, 2.05) is 11.8 Å². The number of nitrogens with two attached hydrogens (primary N) is 1. The maximum atomic E-state index is 6.11.